The van der Waals surface area contributed by atoms with Crippen molar-refractivity contribution >= 4 is 17.2 Å². The standard InChI is InChI=1S/C20H23N5OS/c1-13(2)19-21-9-11-25(19)17-8-4-6-15(23-17)16-7-5-10-24(16)20(26)18-14(3)22-12-27-18/h4,6,8-9,11-13,16H,5,7,10H2,1-3H3. The van der Waals surface area contributed by atoms with Gasteiger partial charge in [-0.3, -0.25) is 9.36 Å². The number of hydrogen-bond donors (Lipinski definition) is 0. The number of likely N-dealkylation sites (tertiary alicyclic amines) is 1. The molecule has 3 aromatic rings. The number of imidazole rings is 1. The highest BCUT2D eigenvalue weighted by molar-refractivity contribution is 7.11. The summed E-state index contributed by atoms with van der Waals surface area (Å²) in [6.45, 7) is 6.89. The maximum absolute atomic E-state index is 13.0. The maximum atomic E-state index is 13.0. The number of pyridine rings is 1. The third-order valence-electron chi connectivity index (χ3n) is 4.98. The average Bonchev–Trinajstić information content (AvgIpc) is 3.41. The fourth-order valence-corrected chi connectivity index (χ4v) is 4.41. The molecule has 1 aliphatic heterocycles. The highest BCUT2D eigenvalue weighted by atomic mass is 32.1. The summed E-state index contributed by atoms with van der Waals surface area (Å²) in [5, 5.41) is 0. The first-order valence-corrected chi connectivity index (χ1v) is 10.2. The minimum absolute atomic E-state index is 0.00460. The third kappa shape index (κ3) is 3.27. The summed E-state index contributed by atoms with van der Waals surface area (Å²) in [5.41, 5.74) is 3.47. The molecular weight excluding hydrogens is 358 g/mol. The molecule has 3 aromatic heterocycles. The molecular formula is C20H23N5OS. The number of aryl methyl sites for hydroxylation is 1. The van der Waals surface area contributed by atoms with Gasteiger partial charge in [-0.25, -0.2) is 15.0 Å². The molecule has 1 unspecified atom stereocenters. The van der Waals surface area contributed by atoms with E-state index in [0.717, 1.165) is 47.3 Å². The lowest BCUT2D eigenvalue weighted by Gasteiger charge is -2.24. The van der Waals surface area contributed by atoms with Crippen LogP contribution in [0.25, 0.3) is 5.82 Å². The van der Waals surface area contributed by atoms with Crippen molar-refractivity contribution in [2.75, 3.05) is 6.54 Å². The van der Waals surface area contributed by atoms with Gasteiger partial charge in [0.1, 0.15) is 16.5 Å². The number of rotatable bonds is 4. The molecule has 0 saturated carbocycles. The summed E-state index contributed by atoms with van der Waals surface area (Å²) in [5.74, 6) is 2.21. The molecule has 0 bridgehead atoms. The first kappa shape index (κ1) is 17.9. The lowest BCUT2D eigenvalue weighted by Crippen LogP contribution is -2.31. The zero-order chi connectivity index (χ0) is 19.0. The molecule has 4 heterocycles. The molecule has 7 heteroatoms. The Balaban J connectivity index is 1.66. The van der Waals surface area contributed by atoms with Crippen LogP contribution in [0.3, 0.4) is 0 Å². The zero-order valence-electron chi connectivity index (χ0n) is 15.8. The number of amides is 1. The van der Waals surface area contributed by atoms with Gasteiger partial charge in [0.25, 0.3) is 5.91 Å². The van der Waals surface area contributed by atoms with Crippen molar-refractivity contribution in [3.8, 4) is 5.82 Å². The number of hydrogen-bond acceptors (Lipinski definition) is 5. The summed E-state index contributed by atoms with van der Waals surface area (Å²) in [7, 11) is 0. The van der Waals surface area contributed by atoms with Gasteiger partial charge < -0.3 is 4.90 Å². The summed E-state index contributed by atoms with van der Waals surface area (Å²) >= 11 is 1.41. The minimum atomic E-state index is 0.00460. The van der Waals surface area contributed by atoms with Crippen LogP contribution in [-0.2, 0) is 0 Å². The molecule has 27 heavy (non-hydrogen) atoms. The van der Waals surface area contributed by atoms with Crippen LogP contribution in [0.5, 0.6) is 0 Å². The topological polar surface area (TPSA) is 63.9 Å². The fourth-order valence-electron chi connectivity index (χ4n) is 3.65. The third-order valence-corrected chi connectivity index (χ3v) is 5.90. The molecule has 0 spiro atoms. The van der Waals surface area contributed by atoms with E-state index in [0.29, 0.717) is 5.92 Å². The molecule has 1 atom stereocenters. The number of carbonyl (C=O) groups is 1. The summed E-state index contributed by atoms with van der Waals surface area (Å²) < 4.78 is 2.03. The number of carbonyl (C=O) groups excluding carboxylic acids is 1. The van der Waals surface area contributed by atoms with Crippen molar-refractivity contribution in [1.82, 2.24) is 24.4 Å². The van der Waals surface area contributed by atoms with Gasteiger partial charge in [0.15, 0.2) is 0 Å². The predicted octanol–water partition coefficient (Wildman–Crippen LogP) is 4.13. The van der Waals surface area contributed by atoms with E-state index >= 15 is 0 Å². The summed E-state index contributed by atoms with van der Waals surface area (Å²) in [6, 6.07) is 6.03. The molecule has 0 radical (unpaired) electrons. The molecule has 1 fully saturated rings. The van der Waals surface area contributed by atoms with Crippen molar-refractivity contribution in [1.29, 1.82) is 0 Å². The SMILES string of the molecule is Cc1ncsc1C(=O)N1CCCC1c1cccc(-n2ccnc2C(C)C)n1. The largest absolute Gasteiger partial charge is 0.329 e. The Morgan fingerprint density at radius 1 is 1.30 bits per heavy atom. The van der Waals surface area contributed by atoms with Gasteiger partial charge in [0, 0.05) is 24.9 Å². The summed E-state index contributed by atoms with van der Waals surface area (Å²) in [4.78, 5) is 29.3. The second kappa shape index (κ2) is 7.23. The predicted molar refractivity (Wildman–Crippen MR) is 105 cm³/mol. The molecule has 1 aliphatic rings. The second-order valence-corrected chi connectivity index (χ2v) is 8.01. The highest BCUT2D eigenvalue weighted by Crippen LogP contribution is 2.33. The summed E-state index contributed by atoms with van der Waals surface area (Å²) in [6.07, 6.45) is 5.67. The Morgan fingerprint density at radius 2 is 2.15 bits per heavy atom. The van der Waals surface area contributed by atoms with Crippen LogP contribution in [0.15, 0.2) is 36.1 Å². The van der Waals surface area contributed by atoms with Crippen LogP contribution < -0.4 is 0 Å². The molecule has 140 valence electrons. The van der Waals surface area contributed by atoms with Crippen molar-refractivity contribution in [3.63, 3.8) is 0 Å². The van der Waals surface area contributed by atoms with E-state index in [1.54, 1.807) is 5.51 Å². The smallest absolute Gasteiger partial charge is 0.266 e. The lowest BCUT2D eigenvalue weighted by molar-refractivity contribution is 0.0737. The molecule has 0 aromatic carbocycles. The average molecular weight is 382 g/mol. The van der Waals surface area contributed by atoms with E-state index in [1.165, 1.54) is 11.3 Å². The minimum Gasteiger partial charge on any atom is -0.329 e. The molecule has 0 aliphatic carbocycles. The highest BCUT2D eigenvalue weighted by Gasteiger charge is 2.33. The maximum Gasteiger partial charge on any atom is 0.266 e. The van der Waals surface area contributed by atoms with E-state index < -0.39 is 0 Å². The van der Waals surface area contributed by atoms with Crippen LogP contribution >= 0.6 is 11.3 Å². The molecule has 0 N–H and O–H groups in total. The molecule has 1 amide bonds. The first-order chi connectivity index (χ1) is 13.1. The van der Waals surface area contributed by atoms with Gasteiger partial charge in [0.05, 0.1) is 22.9 Å². The Morgan fingerprint density at radius 3 is 2.89 bits per heavy atom. The monoisotopic (exact) mass is 381 g/mol. The van der Waals surface area contributed by atoms with Crippen molar-refractivity contribution < 1.29 is 4.79 Å². The second-order valence-electron chi connectivity index (χ2n) is 7.15. The first-order valence-electron chi connectivity index (χ1n) is 9.28. The molecule has 4 rings (SSSR count). The van der Waals surface area contributed by atoms with Gasteiger partial charge >= 0.3 is 0 Å². The van der Waals surface area contributed by atoms with E-state index in [4.69, 9.17) is 4.98 Å². The van der Waals surface area contributed by atoms with Crippen LogP contribution in [-0.4, -0.2) is 36.9 Å². The quantitative estimate of drug-likeness (QED) is 0.681. The lowest BCUT2D eigenvalue weighted by atomic mass is 10.1. The molecule has 6 nitrogen and oxygen atoms in total. The normalized spacial score (nSPS) is 17.0. The number of thiazole rings is 1. The van der Waals surface area contributed by atoms with Crippen molar-refractivity contribution in [3.05, 3.63) is 58.2 Å². The molecule has 1 saturated heterocycles. The Hall–Kier alpha value is -2.54. The van der Waals surface area contributed by atoms with E-state index in [1.807, 2.05) is 47.0 Å². The fraction of sp³-hybridized carbons (Fsp3) is 0.400. The van der Waals surface area contributed by atoms with Gasteiger partial charge in [0.2, 0.25) is 0 Å². The van der Waals surface area contributed by atoms with Crippen molar-refractivity contribution in [2.45, 2.75) is 45.6 Å². The van der Waals surface area contributed by atoms with E-state index in [-0.39, 0.29) is 11.9 Å². The van der Waals surface area contributed by atoms with Crippen LogP contribution in [0.2, 0.25) is 0 Å². The zero-order valence-corrected chi connectivity index (χ0v) is 16.6. The number of nitrogens with zero attached hydrogens (tertiary/aromatic N) is 5. The number of aromatic nitrogens is 4. The van der Waals surface area contributed by atoms with Crippen LogP contribution in [0.1, 0.15) is 65.5 Å². The van der Waals surface area contributed by atoms with Crippen LogP contribution in [0, 0.1) is 6.92 Å². The van der Waals surface area contributed by atoms with E-state index in [9.17, 15) is 4.79 Å². The Kier molecular flexibility index (Phi) is 4.78. The van der Waals surface area contributed by atoms with E-state index in [2.05, 4.69) is 23.8 Å². The van der Waals surface area contributed by atoms with Gasteiger partial charge in [-0.15, -0.1) is 11.3 Å². The van der Waals surface area contributed by atoms with Gasteiger partial charge in [-0.1, -0.05) is 19.9 Å². The van der Waals surface area contributed by atoms with Gasteiger partial charge in [-0.05, 0) is 31.9 Å². The Labute approximate surface area is 162 Å². The van der Waals surface area contributed by atoms with Crippen LogP contribution in [0.4, 0.5) is 0 Å². The van der Waals surface area contributed by atoms with Crippen molar-refractivity contribution in [2.24, 2.45) is 0 Å². The van der Waals surface area contributed by atoms with Gasteiger partial charge in [-0.2, -0.15) is 0 Å². The Bertz CT molecular complexity index is 961.